The Hall–Kier alpha value is -6.20. The third-order valence-corrected chi connectivity index (χ3v) is 11.1. The van der Waals surface area contributed by atoms with Crippen molar-refractivity contribution >= 4 is 21.5 Å². The van der Waals surface area contributed by atoms with E-state index in [1.165, 1.54) is 66.8 Å². The van der Waals surface area contributed by atoms with E-state index in [4.69, 9.17) is 9.47 Å². The zero-order valence-electron chi connectivity index (χ0n) is 31.1. The standard InChI is InChI=1S/C51H42O4/c1-33-3-7-35(8-4-33)41-15-21-47-48-22-16-42(36-9-5-34(2)6-10-36)32-50(48)51(49(47)31-41,43-17-11-39-29-45(54-25-23-52)19-13-37(39)27-43)44-18-12-40-30-46(55-26-24-53)20-14-38(40)28-44/h3-22,27-32,52-53H,23-26H2,1-2H3. The maximum Gasteiger partial charge on any atom is 0.120 e. The summed E-state index contributed by atoms with van der Waals surface area (Å²) in [6, 6.07) is 57.6. The van der Waals surface area contributed by atoms with E-state index in [9.17, 15) is 10.2 Å². The van der Waals surface area contributed by atoms with E-state index in [2.05, 4.69) is 159 Å². The zero-order valence-corrected chi connectivity index (χ0v) is 31.1. The number of aliphatic hydroxyl groups excluding tert-OH is 2. The minimum Gasteiger partial charge on any atom is -0.491 e. The molecule has 0 saturated carbocycles. The number of fused-ring (bicyclic) bond motifs is 5. The Bertz CT molecular complexity index is 2500. The lowest BCUT2D eigenvalue weighted by Gasteiger charge is -2.35. The van der Waals surface area contributed by atoms with Crippen LogP contribution < -0.4 is 9.47 Å². The van der Waals surface area contributed by atoms with Crippen molar-refractivity contribution in [1.82, 2.24) is 0 Å². The molecule has 4 nitrogen and oxygen atoms in total. The Kier molecular flexibility index (Phi) is 8.94. The number of benzene rings is 8. The highest BCUT2D eigenvalue weighted by molar-refractivity contribution is 5.94. The number of aliphatic hydroxyl groups is 2. The van der Waals surface area contributed by atoms with Gasteiger partial charge in [-0.05, 0) is 140 Å². The van der Waals surface area contributed by atoms with Crippen LogP contribution >= 0.6 is 0 Å². The molecule has 2 N–H and O–H groups in total. The maximum absolute atomic E-state index is 9.38. The first kappa shape index (κ1) is 34.6. The largest absolute Gasteiger partial charge is 0.491 e. The van der Waals surface area contributed by atoms with Gasteiger partial charge in [-0.25, -0.2) is 0 Å². The lowest BCUT2D eigenvalue weighted by molar-refractivity contribution is 0.201. The van der Waals surface area contributed by atoms with Gasteiger partial charge in [0.15, 0.2) is 0 Å². The molecule has 0 bridgehead atoms. The van der Waals surface area contributed by atoms with Crippen molar-refractivity contribution in [3.05, 3.63) is 191 Å². The minimum atomic E-state index is -0.674. The second-order valence-corrected chi connectivity index (χ2v) is 14.6. The second-order valence-electron chi connectivity index (χ2n) is 14.6. The Morgan fingerprint density at radius 1 is 0.400 bits per heavy atom. The van der Waals surface area contributed by atoms with E-state index in [-0.39, 0.29) is 26.4 Å². The molecule has 55 heavy (non-hydrogen) atoms. The molecule has 0 spiro atoms. The Morgan fingerprint density at radius 2 is 0.782 bits per heavy atom. The number of hydrogen-bond donors (Lipinski definition) is 2. The fourth-order valence-electron chi connectivity index (χ4n) is 8.38. The fourth-order valence-corrected chi connectivity index (χ4v) is 8.38. The van der Waals surface area contributed by atoms with Crippen molar-refractivity contribution in [2.24, 2.45) is 0 Å². The molecular formula is C51H42O4. The lowest BCUT2D eigenvalue weighted by Crippen LogP contribution is -2.28. The van der Waals surface area contributed by atoms with Crippen LogP contribution in [0.4, 0.5) is 0 Å². The van der Waals surface area contributed by atoms with Crippen LogP contribution in [0.5, 0.6) is 11.5 Å². The summed E-state index contributed by atoms with van der Waals surface area (Å²) in [4.78, 5) is 0. The molecule has 270 valence electrons. The quantitative estimate of drug-likeness (QED) is 0.148. The molecule has 1 aliphatic rings. The molecule has 0 heterocycles. The zero-order chi connectivity index (χ0) is 37.5. The van der Waals surface area contributed by atoms with Crippen molar-refractivity contribution < 1.29 is 19.7 Å². The molecule has 0 fully saturated rings. The van der Waals surface area contributed by atoms with E-state index in [0.29, 0.717) is 0 Å². The van der Waals surface area contributed by atoms with E-state index in [1.807, 2.05) is 12.1 Å². The summed E-state index contributed by atoms with van der Waals surface area (Å²) in [5.74, 6) is 1.48. The molecule has 0 unspecified atom stereocenters. The number of rotatable bonds is 10. The molecular weight excluding hydrogens is 677 g/mol. The highest BCUT2D eigenvalue weighted by Crippen LogP contribution is 2.58. The molecule has 8 aromatic rings. The molecule has 0 aliphatic heterocycles. The molecule has 8 aromatic carbocycles. The normalized spacial score (nSPS) is 12.8. The average Bonchev–Trinajstić information content (AvgIpc) is 3.51. The predicted octanol–water partition coefficient (Wildman–Crippen LogP) is 11.0. The smallest absolute Gasteiger partial charge is 0.120 e. The summed E-state index contributed by atoms with van der Waals surface area (Å²) in [6.07, 6.45) is 0. The Labute approximate surface area is 321 Å². The fraction of sp³-hybridized carbons (Fsp3) is 0.137. The average molecular weight is 719 g/mol. The van der Waals surface area contributed by atoms with Crippen LogP contribution in [0.2, 0.25) is 0 Å². The van der Waals surface area contributed by atoms with E-state index >= 15 is 0 Å². The third kappa shape index (κ3) is 6.14. The van der Waals surface area contributed by atoms with Gasteiger partial charge in [0.1, 0.15) is 24.7 Å². The number of hydrogen-bond acceptors (Lipinski definition) is 4. The van der Waals surface area contributed by atoms with Crippen LogP contribution in [0.25, 0.3) is 54.9 Å². The molecule has 4 heteroatoms. The number of aryl methyl sites for hydroxylation is 2. The summed E-state index contributed by atoms with van der Waals surface area (Å²) in [5.41, 5.74) is 13.8. The van der Waals surface area contributed by atoms with Gasteiger partial charge in [-0.1, -0.05) is 120 Å². The second kappa shape index (κ2) is 14.2. The molecule has 0 saturated heterocycles. The molecule has 9 rings (SSSR count). The van der Waals surface area contributed by atoms with Gasteiger partial charge in [-0.2, -0.15) is 0 Å². The van der Waals surface area contributed by atoms with Gasteiger partial charge in [0.05, 0.1) is 18.6 Å². The van der Waals surface area contributed by atoms with E-state index in [1.54, 1.807) is 0 Å². The van der Waals surface area contributed by atoms with Gasteiger partial charge in [-0.3, -0.25) is 0 Å². The molecule has 0 radical (unpaired) electrons. The number of ether oxygens (including phenoxy) is 2. The van der Waals surface area contributed by atoms with Crippen molar-refractivity contribution in [3.8, 4) is 44.9 Å². The van der Waals surface area contributed by atoms with Crippen LogP contribution in [0.1, 0.15) is 33.4 Å². The maximum atomic E-state index is 9.38. The van der Waals surface area contributed by atoms with Crippen LogP contribution in [0.15, 0.2) is 158 Å². The molecule has 1 aliphatic carbocycles. The van der Waals surface area contributed by atoms with Crippen molar-refractivity contribution in [3.63, 3.8) is 0 Å². The minimum absolute atomic E-state index is 0.0315. The molecule has 0 aromatic heterocycles. The third-order valence-electron chi connectivity index (χ3n) is 11.1. The van der Waals surface area contributed by atoms with Crippen LogP contribution in [0.3, 0.4) is 0 Å². The van der Waals surface area contributed by atoms with Crippen molar-refractivity contribution in [2.75, 3.05) is 26.4 Å². The van der Waals surface area contributed by atoms with Gasteiger partial charge >= 0.3 is 0 Å². The van der Waals surface area contributed by atoms with Crippen LogP contribution in [0, 0.1) is 13.8 Å². The first-order chi connectivity index (χ1) is 26.9. The summed E-state index contributed by atoms with van der Waals surface area (Å²) >= 11 is 0. The summed E-state index contributed by atoms with van der Waals surface area (Å²) < 4.78 is 11.6. The summed E-state index contributed by atoms with van der Waals surface area (Å²) in [6.45, 7) is 4.70. The van der Waals surface area contributed by atoms with Gasteiger partial charge < -0.3 is 19.7 Å². The van der Waals surface area contributed by atoms with E-state index in [0.717, 1.165) is 33.0 Å². The Balaban J connectivity index is 1.34. The van der Waals surface area contributed by atoms with Crippen molar-refractivity contribution in [1.29, 1.82) is 0 Å². The van der Waals surface area contributed by atoms with Gasteiger partial charge in [-0.15, -0.1) is 0 Å². The van der Waals surface area contributed by atoms with Gasteiger partial charge in [0.25, 0.3) is 0 Å². The van der Waals surface area contributed by atoms with Gasteiger partial charge in [0, 0.05) is 0 Å². The first-order valence-corrected chi connectivity index (χ1v) is 18.9. The van der Waals surface area contributed by atoms with Crippen molar-refractivity contribution in [2.45, 2.75) is 19.3 Å². The topological polar surface area (TPSA) is 58.9 Å². The predicted molar refractivity (Wildman–Crippen MR) is 224 cm³/mol. The van der Waals surface area contributed by atoms with Gasteiger partial charge in [0.2, 0.25) is 0 Å². The lowest BCUT2D eigenvalue weighted by atomic mass is 9.66. The van der Waals surface area contributed by atoms with Crippen LogP contribution in [-0.4, -0.2) is 36.6 Å². The molecule has 0 atom stereocenters. The molecule has 0 amide bonds. The Morgan fingerprint density at radius 3 is 1.20 bits per heavy atom. The SMILES string of the molecule is Cc1ccc(-c2ccc3c(c2)C(c2ccc4cc(OCCO)ccc4c2)(c2ccc4cc(OCCO)ccc4c2)c2cc(-c4ccc(C)cc4)ccc2-3)cc1. The highest BCUT2D eigenvalue weighted by atomic mass is 16.5. The monoisotopic (exact) mass is 718 g/mol. The highest BCUT2D eigenvalue weighted by Gasteiger charge is 2.46. The van der Waals surface area contributed by atoms with Crippen LogP contribution in [-0.2, 0) is 5.41 Å². The summed E-state index contributed by atoms with van der Waals surface area (Å²) in [7, 11) is 0. The first-order valence-electron chi connectivity index (χ1n) is 18.9. The van der Waals surface area contributed by atoms with E-state index < -0.39 is 5.41 Å². The summed E-state index contributed by atoms with van der Waals surface area (Å²) in [5, 5.41) is 23.1.